The van der Waals surface area contributed by atoms with Crippen molar-refractivity contribution in [2.45, 2.75) is 13.3 Å². The van der Waals surface area contributed by atoms with Gasteiger partial charge in [-0.15, -0.1) is 0 Å². The van der Waals surface area contributed by atoms with Gasteiger partial charge in [0, 0.05) is 5.70 Å². The third kappa shape index (κ3) is 3.28. The predicted molar refractivity (Wildman–Crippen MR) is 35.9 cm³/mol. The summed E-state index contributed by atoms with van der Waals surface area (Å²) in [7, 11) is 0. The first-order valence-electron chi connectivity index (χ1n) is 2.64. The average Bonchev–Trinajstić information content (AvgIpc) is 1.83. The molecule has 8 heavy (non-hydrogen) atoms. The standard InChI is InChI=1S/C6H12N2/c1-2-6(8)4-3-5-7/h3-5H,2,7-8H2,1H3/b5-3-,6-4+. The van der Waals surface area contributed by atoms with Gasteiger partial charge in [0.25, 0.3) is 0 Å². The Morgan fingerprint density at radius 3 is 2.62 bits per heavy atom. The van der Waals surface area contributed by atoms with E-state index in [-0.39, 0.29) is 0 Å². The molecule has 0 amide bonds. The normalized spacial score (nSPS) is 12.9. The molecule has 0 heterocycles. The monoisotopic (exact) mass is 112 g/mol. The molecule has 0 aliphatic heterocycles. The molecule has 0 aliphatic carbocycles. The van der Waals surface area contributed by atoms with Gasteiger partial charge in [0.15, 0.2) is 0 Å². The Bertz CT molecular complexity index is 103. The molecule has 0 saturated heterocycles. The van der Waals surface area contributed by atoms with Crippen molar-refractivity contribution >= 4 is 0 Å². The third-order valence-electron chi connectivity index (χ3n) is 0.830. The summed E-state index contributed by atoms with van der Waals surface area (Å²) < 4.78 is 0. The number of nitrogens with two attached hydrogens (primary N) is 2. The van der Waals surface area contributed by atoms with Crippen molar-refractivity contribution in [1.29, 1.82) is 0 Å². The molecule has 0 atom stereocenters. The Balaban J connectivity index is 3.57. The van der Waals surface area contributed by atoms with Crippen LogP contribution in [-0.2, 0) is 0 Å². The molecule has 0 spiro atoms. The van der Waals surface area contributed by atoms with Gasteiger partial charge in [-0.1, -0.05) is 6.92 Å². The lowest BCUT2D eigenvalue weighted by atomic mass is 10.3. The van der Waals surface area contributed by atoms with Crippen LogP contribution in [0.1, 0.15) is 13.3 Å². The Labute approximate surface area is 49.9 Å². The van der Waals surface area contributed by atoms with Gasteiger partial charge >= 0.3 is 0 Å². The van der Waals surface area contributed by atoms with Gasteiger partial charge in [-0.05, 0) is 24.8 Å². The van der Waals surface area contributed by atoms with E-state index in [1.165, 1.54) is 6.20 Å². The summed E-state index contributed by atoms with van der Waals surface area (Å²) in [6.07, 6.45) is 5.85. The molecule has 0 aromatic carbocycles. The van der Waals surface area contributed by atoms with Crippen LogP contribution in [0, 0.1) is 0 Å². The van der Waals surface area contributed by atoms with E-state index in [4.69, 9.17) is 11.5 Å². The van der Waals surface area contributed by atoms with Gasteiger partial charge < -0.3 is 11.5 Å². The first-order chi connectivity index (χ1) is 3.81. The molecular weight excluding hydrogens is 100 g/mol. The van der Waals surface area contributed by atoms with E-state index in [0.717, 1.165) is 12.1 Å². The van der Waals surface area contributed by atoms with Crippen LogP contribution in [0.2, 0.25) is 0 Å². The predicted octanol–water partition coefficient (Wildman–Crippen LogP) is 0.711. The first kappa shape index (κ1) is 7.08. The Morgan fingerprint density at radius 2 is 2.25 bits per heavy atom. The highest BCUT2D eigenvalue weighted by Crippen LogP contribution is 1.88. The maximum absolute atomic E-state index is 5.41. The van der Waals surface area contributed by atoms with Crippen molar-refractivity contribution in [1.82, 2.24) is 0 Å². The second-order valence-corrected chi connectivity index (χ2v) is 1.48. The zero-order chi connectivity index (χ0) is 6.41. The number of rotatable bonds is 2. The van der Waals surface area contributed by atoms with Crippen LogP contribution in [0.4, 0.5) is 0 Å². The maximum atomic E-state index is 5.41. The summed E-state index contributed by atoms with van der Waals surface area (Å²) in [5, 5.41) is 0. The van der Waals surface area contributed by atoms with Crippen LogP contribution in [0.3, 0.4) is 0 Å². The molecule has 0 saturated carbocycles. The van der Waals surface area contributed by atoms with E-state index in [1.807, 2.05) is 6.92 Å². The van der Waals surface area contributed by atoms with Crippen molar-refractivity contribution in [3.63, 3.8) is 0 Å². The fraction of sp³-hybridized carbons (Fsp3) is 0.333. The van der Waals surface area contributed by atoms with Crippen molar-refractivity contribution < 1.29 is 0 Å². The zero-order valence-electron chi connectivity index (χ0n) is 5.09. The van der Waals surface area contributed by atoms with Gasteiger partial charge in [0.1, 0.15) is 0 Å². The van der Waals surface area contributed by atoms with Crippen molar-refractivity contribution in [3.05, 3.63) is 24.0 Å². The lowest BCUT2D eigenvalue weighted by molar-refractivity contribution is 1.07. The minimum atomic E-state index is 0.853. The van der Waals surface area contributed by atoms with E-state index >= 15 is 0 Å². The molecule has 0 radical (unpaired) electrons. The first-order valence-corrected chi connectivity index (χ1v) is 2.64. The molecule has 4 N–H and O–H groups in total. The average molecular weight is 112 g/mol. The fourth-order valence-electron chi connectivity index (χ4n) is 0.297. The quantitative estimate of drug-likeness (QED) is 0.517. The molecular formula is C6H12N2. The van der Waals surface area contributed by atoms with Crippen molar-refractivity contribution in [2.75, 3.05) is 0 Å². The van der Waals surface area contributed by atoms with E-state index < -0.39 is 0 Å². The van der Waals surface area contributed by atoms with Crippen molar-refractivity contribution in [3.8, 4) is 0 Å². The van der Waals surface area contributed by atoms with Gasteiger partial charge in [-0.25, -0.2) is 0 Å². The summed E-state index contributed by atoms with van der Waals surface area (Å²) in [5.41, 5.74) is 11.3. The summed E-state index contributed by atoms with van der Waals surface area (Å²) in [4.78, 5) is 0. The maximum Gasteiger partial charge on any atom is 0.00782 e. The molecule has 0 rings (SSSR count). The van der Waals surface area contributed by atoms with E-state index in [1.54, 1.807) is 12.2 Å². The molecule has 0 fully saturated rings. The smallest absolute Gasteiger partial charge is 0.00782 e. The minimum Gasteiger partial charge on any atom is -0.405 e. The summed E-state index contributed by atoms with van der Waals surface area (Å²) in [5.74, 6) is 0. The molecule has 2 nitrogen and oxygen atoms in total. The highest BCUT2D eigenvalue weighted by atomic mass is 14.6. The topological polar surface area (TPSA) is 52.0 Å². The van der Waals surface area contributed by atoms with Gasteiger partial charge in [0.2, 0.25) is 0 Å². The van der Waals surface area contributed by atoms with Crippen LogP contribution in [0.15, 0.2) is 24.0 Å². The lowest BCUT2D eigenvalue weighted by Crippen LogP contribution is -1.92. The lowest BCUT2D eigenvalue weighted by Gasteiger charge is -1.88. The van der Waals surface area contributed by atoms with E-state index in [9.17, 15) is 0 Å². The SMILES string of the molecule is CC/C(N)=C\C=C/N. The highest BCUT2D eigenvalue weighted by Gasteiger charge is 1.76. The number of hydrogen-bond donors (Lipinski definition) is 2. The molecule has 0 aromatic heterocycles. The molecule has 2 heteroatoms. The van der Waals surface area contributed by atoms with E-state index in [2.05, 4.69) is 0 Å². The largest absolute Gasteiger partial charge is 0.405 e. The van der Waals surface area contributed by atoms with E-state index in [0.29, 0.717) is 0 Å². The van der Waals surface area contributed by atoms with Gasteiger partial charge in [-0.2, -0.15) is 0 Å². The molecule has 0 aromatic rings. The van der Waals surface area contributed by atoms with Crippen molar-refractivity contribution in [2.24, 2.45) is 11.5 Å². The number of hydrogen-bond acceptors (Lipinski definition) is 2. The highest BCUT2D eigenvalue weighted by molar-refractivity contribution is 5.07. The summed E-state index contributed by atoms with van der Waals surface area (Å²) in [6.45, 7) is 2.00. The summed E-state index contributed by atoms with van der Waals surface area (Å²) >= 11 is 0. The van der Waals surface area contributed by atoms with Crippen LogP contribution >= 0.6 is 0 Å². The van der Waals surface area contributed by atoms with Crippen LogP contribution in [0.5, 0.6) is 0 Å². The third-order valence-corrected chi connectivity index (χ3v) is 0.830. The van der Waals surface area contributed by atoms with Crippen LogP contribution in [0.25, 0.3) is 0 Å². The van der Waals surface area contributed by atoms with Crippen LogP contribution < -0.4 is 11.5 Å². The molecule has 0 bridgehead atoms. The molecule has 0 aliphatic rings. The zero-order valence-corrected chi connectivity index (χ0v) is 5.09. The molecule has 0 unspecified atom stereocenters. The second-order valence-electron chi connectivity index (χ2n) is 1.48. The molecule has 46 valence electrons. The van der Waals surface area contributed by atoms with Gasteiger partial charge in [-0.3, -0.25) is 0 Å². The van der Waals surface area contributed by atoms with Crippen LogP contribution in [-0.4, -0.2) is 0 Å². The Hall–Kier alpha value is -0.920. The Morgan fingerprint density at radius 1 is 1.62 bits per heavy atom. The fourth-order valence-corrected chi connectivity index (χ4v) is 0.297. The summed E-state index contributed by atoms with van der Waals surface area (Å²) in [6, 6.07) is 0. The van der Waals surface area contributed by atoms with Gasteiger partial charge in [0.05, 0.1) is 0 Å². The second kappa shape index (κ2) is 4.24. The number of allylic oxidation sites excluding steroid dienone is 3. The Kier molecular flexibility index (Phi) is 3.76. The minimum absolute atomic E-state index is 0.853.